The van der Waals surface area contributed by atoms with Gasteiger partial charge in [-0.1, -0.05) is 11.8 Å². The van der Waals surface area contributed by atoms with E-state index in [1.54, 1.807) is 30.3 Å². The van der Waals surface area contributed by atoms with E-state index in [1.165, 1.54) is 0 Å². The van der Waals surface area contributed by atoms with Gasteiger partial charge in [-0.05, 0) is 25.0 Å². The molecule has 0 atom stereocenters. The van der Waals surface area contributed by atoms with Crippen molar-refractivity contribution in [2.75, 3.05) is 26.8 Å². The second kappa shape index (κ2) is 7.04. The van der Waals surface area contributed by atoms with Crippen LogP contribution >= 0.6 is 0 Å². The number of rotatable bonds is 2. The first-order valence-corrected chi connectivity index (χ1v) is 6.63. The molecule has 1 aromatic heterocycles. The zero-order chi connectivity index (χ0) is 14.4. The molecule has 2 heterocycles. The van der Waals surface area contributed by atoms with E-state index in [2.05, 4.69) is 16.8 Å². The molecular weight excluding hydrogens is 256 g/mol. The van der Waals surface area contributed by atoms with E-state index in [9.17, 15) is 4.79 Å². The van der Waals surface area contributed by atoms with E-state index < -0.39 is 0 Å². The lowest BCUT2D eigenvalue weighted by molar-refractivity contribution is 0.0347. The van der Waals surface area contributed by atoms with Crippen molar-refractivity contribution in [2.45, 2.75) is 18.9 Å². The number of ether oxygens (including phenoxy) is 1. The first-order valence-electron chi connectivity index (χ1n) is 6.63. The van der Waals surface area contributed by atoms with Gasteiger partial charge in [0, 0.05) is 26.4 Å². The molecule has 2 rings (SSSR count). The summed E-state index contributed by atoms with van der Waals surface area (Å²) in [6.45, 7) is 1.10. The number of hydrogen-bond acceptors (Lipinski definition) is 4. The third kappa shape index (κ3) is 3.35. The van der Waals surface area contributed by atoms with Crippen molar-refractivity contribution in [2.24, 2.45) is 0 Å². The molecule has 0 saturated carbocycles. The Labute approximate surface area is 118 Å². The average Bonchev–Trinajstić information content (AvgIpc) is 2.52. The van der Waals surface area contributed by atoms with Crippen LogP contribution in [0.25, 0.3) is 0 Å². The van der Waals surface area contributed by atoms with Crippen molar-refractivity contribution >= 4 is 5.91 Å². The summed E-state index contributed by atoms with van der Waals surface area (Å²) in [6.07, 6.45) is 3.50. The van der Waals surface area contributed by atoms with Crippen LogP contribution in [0.15, 0.2) is 18.3 Å². The van der Waals surface area contributed by atoms with Crippen LogP contribution in [0.4, 0.5) is 0 Å². The first-order chi connectivity index (χ1) is 9.76. The number of methoxy groups -OCH3 is 1. The van der Waals surface area contributed by atoms with Crippen molar-refractivity contribution in [3.63, 3.8) is 0 Å². The van der Waals surface area contributed by atoms with Gasteiger partial charge < -0.3 is 14.7 Å². The third-order valence-corrected chi connectivity index (χ3v) is 3.37. The maximum absolute atomic E-state index is 12.5. The number of aliphatic hydroxyl groups excluding tert-OH is 1. The standard InChI is InChI=1S/C15H18N2O3/c1-20-13-6-9-17(10-7-13)15(19)14-12(5-3-11-18)4-2-8-16-14/h2,4,8,13,18H,6-7,9-11H2,1H3. The van der Waals surface area contributed by atoms with Crippen LogP contribution in [-0.2, 0) is 4.74 Å². The zero-order valence-electron chi connectivity index (χ0n) is 11.5. The van der Waals surface area contributed by atoms with Gasteiger partial charge in [0.2, 0.25) is 0 Å². The quantitative estimate of drug-likeness (QED) is 0.805. The molecule has 1 saturated heterocycles. The van der Waals surface area contributed by atoms with Crippen LogP contribution in [0.5, 0.6) is 0 Å². The number of pyridine rings is 1. The summed E-state index contributed by atoms with van der Waals surface area (Å²) in [5.41, 5.74) is 0.907. The Hall–Kier alpha value is -1.90. The molecule has 1 aliphatic heterocycles. The second-order valence-corrected chi connectivity index (χ2v) is 4.59. The smallest absolute Gasteiger partial charge is 0.273 e. The van der Waals surface area contributed by atoms with Gasteiger partial charge in [-0.25, -0.2) is 4.98 Å². The fourth-order valence-corrected chi connectivity index (χ4v) is 2.26. The van der Waals surface area contributed by atoms with Gasteiger partial charge in [0.15, 0.2) is 0 Å². The topological polar surface area (TPSA) is 62.7 Å². The highest BCUT2D eigenvalue weighted by molar-refractivity contribution is 5.94. The van der Waals surface area contributed by atoms with Crippen molar-refractivity contribution in [3.8, 4) is 11.8 Å². The summed E-state index contributed by atoms with van der Waals surface area (Å²) in [5.74, 6) is 5.21. The molecule has 0 unspecified atom stereocenters. The van der Waals surface area contributed by atoms with Gasteiger partial charge in [0.05, 0.1) is 11.7 Å². The van der Waals surface area contributed by atoms with Crippen molar-refractivity contribution in [1.29, 1.82) is 0 Å². The zero-order valence-corrected chi connectivity index (χ0v) is 11.5. The van der Waals surface area contributed by atoms with Gasteiger partial charge in [0.25, 0.3) is 5.91 Å². The van der Waals surface area contributed by atoms with Crippen LogP contribution in [0.3, 0.4) is 0 Å². The summed E-state index contributed by atoms with van der Waals surface area (Å²) in [7, 11) is 1.70. The predicted octanol–water partition coefficient (Wildman–Crippen LogP) is 0.676. The Morgan fingerprint density at radius 2 is 2.30 bits per heavy atom. The minimum absolute atomic E-state index is 0.109. The second-order valence-electron chi connectivity index (χ2n) is 4.59. The number of aliphatic hydroxyl groups is 1. The van der Waals surface area contributed by atoms with Crippen LogP contribution in [0.2, 0.25) is 0 Å². The number of nitrogens with zero attached hydrogens (tertiary/aromatic N) is 2. The maximum atomic E-state index is 12.5. The van der Waals surface area contributed by atoms with Crippen LogP contribution in [0.1, 0.15) is 28.9 Å². The lowest BCUT2D eigenvalue weighted by Gasteiger charge is -2.31. The van der Waals surface area contributed by atoms with Gasteiger partial charge in [0.1, 0.15) is 12.3 Å². The van der Waals surface area contributed by atoms with Crippen LogP contribution < -0.4 is 0 Å². The summed E-state index contributed by atoms with van der Waals surface area (Å²) >= 11 is 0. The number of carbonyl (C=O) groups is 1. The van der Waals surface area contributed by atoms with Crippen molar-refractivity contribution in [3.05, 3.63) is 29.6 Å². The summed E-state index contributed by atoms with van der Waals surface area (Å²) in [4.78, 5) is 18.4. The SMILES string of the molecule is COC1CCN(C(=O)c2ncccc2C#CCO)CC1. The minimum atomic E-state index is -0.234. The van der Waals surface area contributed by atoms with Gasteiger partial charge >= 0.3 is 0 Å². The lowest BCUT2D eigenvalue weighted by atomic mass is 10.1. The molecule has 106 valence electrons. The molecule has 1 aliphatic rings. The van der Waals surface area contributed by atoms with E-state index in [4.69, 9.17) is 9.84 Å². The Kier molecular flexibility index (Phi) is 5.10. The molecule has 1 aromatic rings. The molecule has 1 N–H and O–H groups in total. The molecule has 1 fully saturated rings. The van der Waals surface area contributed by atoms with Crippen molar-refractivity contribution in [1.82, 2.24) is 9.88 Å². The molecule has 0 aliphatic carbocycles. The lowest BCUT2D eigenvalue weighted by Crippen LogP contribution is -2.41. The molecule has 0 radical (unpaired) electrons. The van der Waals surface area contributed by atoms with E-state index in [0.717, 1.165) is 12.8 Å². The summed E-state index contributed by atoms with van der Waals surface area (Å²) < 4.78 is 5.30. The van der Waals surface area contributed by atoms with E-state index in [0.29, 0.717) is 24.3 Å². The van der Waals surface area contributed by atoms with Crippen LogP contribution in [-0.4, -0.2) is 53.8 Å². The van der Waals surface area contributed by atoms with E-state index in [1.807, 2.05) is 0 Å². The van der Waals surface area contributed by atoms with Gasteiger partial charge in [-0.15, -0.1) is 0 Å². The van der Waals surface area contributed by atoms with E-state index >= 15 is 0 Å². The Balaban J connectivity index is 2.13. The number of hydrogen-bond donors (Lipinski definition) is 1. The molecule has 0 spiro atoms. The minimum Gasteiger partial charge on any atom is -0.384 e. The highest BCUT2D eigenvalue weighted by Gasteiger charge is 2.25. The third-order valence-electron chi connectivity index (χ3n) is 3.37. The first kappa shape index (κ1) is 14.5. The fourth-order valence-electron chi connectivity index (χ4n) is 2.26. The summed E-state index contributed by atoms with van der Waals surface area (Å²) in [5, 5.41) is 8.76. The largest absolute Gasteiger partial charge is 0.384 e. The Morgan fingerprint density at radius 1 is 1.55 bits per heavy atom. The molecule has 0 bridgehead atoms. The van der Waals surface area contributed by atoms with E-state index in [-0.39, 0.29) is 18.6 Å². The fraction of sp³-hybridized carbons (Fsp3) is 0.467. The van der Waals surface area contributed by atoms with Gasteiger partial charge in [-0.3, -0.25) is 4.79 Å². The molecule has 5 heteroatoms. The molecule has 5 nitrogen and oxygen atoms in total. The van der Waals surface area contributed by atoms with Crippen molar-refractivity contribution < 1.29 is 14.6 Å². The number of aromatic nitrogens is 1. The number of likely N-dealkylation sites (tertiary alicyclic amines) is 1. The normalized spacial score (nSPS) is 15.6. The maximum Gasteiger partial charge on any atom is 0.273 e. The van der Waals surface area contributed by atoms with Gasteiger partial charge in [-0.2, -0.15) is 0 Å². The molecule has 0 aromatic carbocycles. The predicted molar refractivity (Wildman–Crippen MR) is 74.1 cm³/mol. The highest BCUT2D eigenvalue weighted by Crippen LogP contribution is 2.16. The molecular formula is C15H18N2O3. The molecule has 20 heavy (non-hydrogen) atoms. The summed E-state index contributed by atoms with van der Waals surface area (Å²) in [6, 6.07) is 3.47. The number of carbonyl (C=O) groups excluding carboxylic acids is 1. The number of piperidine rings is 1. The monoisotopic (exact) mass is 274 g/mol. The Bertz CT molecular complexity index is 525. The molecule has 1 amide bonds. The average molecular weight is 274 g/mol. The van der Waals surface area contributed by atoms with Crippen LogP contribution in [0, 0.1) is 11.8 Å². The Morgan fingerprint density at radius 3 is 2.95 bits per heavy atom. The highest BCUT2D eigenvalue weighted by atomic mass is 16.5. The number of amides is 1.